The highest BCUT2D eigenvalue weighted by Crippen LogP contribution is 2.44. The van der Waals surface area contributed by atoms with Gasteiger partial charge in [0.1, 0.15) is 5.82 Å². The second kappa shape index (κ2) is 5.48. The Labute approximate surface area is 116 Å². The smallest absolute Gasteiger partial charge is 0.303 e. The lowest BCUT2D eigenvalue weighted by Gasteiger charge is -2.41. The molecule has 1 aliphatic rings. The Morgan fingerprint density at radius 2 is 2.10 bits per heavy atom. The van der Waals surface area contributed by atoms with E-state index >= 15 is 0 Å². The third-order valence-electron chi connectivity index (χ3n) is 3.84. The fraction of sp³-hybridized carbons (Fsp3) is 0.429. The number of halogens is 1. The van der Waals surface area contributed by atoms with Crippen molar-refractivity contribution in [2.24, 2.45) is 11.1 Å². The van der Waals surface area contributed by atoms with E-state index in [9.17, 15) is 14.0 Å². The lowest BCUT2D eigenvalue weighted by atomic mass is 9.66. The van der Waals surface area contributed by atoms with E-state index in [2.05, 4.69) is 5.32 Å². The van der Waals surface area contributed by atoms with Gasteiger partial charge in [0.25, 0.3) is 5.91 Å². The average Bonchev–Trinajstić information content (AvgIpc) is 2.33. The van der Waals surface area contributed by atoms with Crippen LogP contribution in [0.25, 0.3) is 0 Å². The minimum Gasteiger partial charge on any atom is -0.481 e. The lowest BCUT2D eigenvalue weighted by molar-refractivity contribution is -0.141. The number of rotatable bonds is 6. The van der Waals surface area contributed by atoms with E-state index in [1.807, 2.05) is 0 Å². The first-order chi connectivity index (χ1) is 9.42. The number of nitrogens with one attached hydrogen (secondary N) is 1. The summed E-state index contributed by atoms with van der Waals surface area (Å²) in [5, 5.41) is 12.0. The van der Waals surface area contributed by atoms with Crippen LogP contribution in [0, 0.1) is 11.2 Å². The van der Waals surface area contributed by atoms with Gasteiger partial charge in [-0.25, -0.2) is 4.39 Å². The Morgan fingerprint density at radius 3 is 2.60 bits per heavy atom. The van der Waals surface area contributed by atoms with Crippen LogP contribution in [-0.2, 0) is 4.79 Å². The molecular formula is C14H17FN2O3. The number of carboxylic acids is 1. The van der Waals surface area contributed by atoms with Crippen molar-refractivity contribution in [3.05, 3.63) is 29.6 Å². The van der Waals surface area contributed by atoms with Crippen LogP contribution in [0.5, 0.6) is 0 Å². The van der Waals surface area contributed by atoms with Gasteiger partial charge in [0.15, 0.2) is 0 Å². The van der Waals surface area contributed by atoms with Gasteiger partial charge in [-0.2, -0.15) is 0 Å². The first kappa shape index (κ1) is 14.3. The highest BCUT2D eigenvalue weighted by atomic mass is 19.1. The van der Waals surface area contributed by atoms with Gasteiger partial charge in [-0.1, -0.05) is 6.42 Å². The van der Waals surface area contributed by atoms with E-state index < -0.39 is 17.7 Å². The van der Waals surface area contributed by atoms with Crippen molar-refractivity contribution in [1.82, 2.24) is 0 Å². The fourth-order valence-electron chi connectivity index (χ4n) is 2.57. The van der Waals surface area contributed by atoms with Crippen molar-refractivity contribution < 1.29 is 19.1 Å². The SMILES string of the molecule is NC(=O)c1cc(F)ccc1NCC1(CC(=O)O)CCC1. The fourth-order valence-corrected chi connectivity index (χ4v) is 2.57. The number of hydrogen-bond donors (Lipinski definition) is 3. The molecule has 1 aromatic rings. The summed E-state index contributed by atoms with van der Waals surface area (Å²) in [6, 6.07) is 3.76. The molecule has 0 atom stereocenters. The molecule has 4 N–H and O–H groups in total. The Morgan fingerprint density at radius 1 is 1.40 bits per heavy atom. The van der Waals surface area contributed by atoms with Crippen LogP contribution in [0.3, 0.4) is 0 Å². The predicted octanol–water partition coefficient (Wildman–Crippen LogP) is 1.98. The second-order valence-corrected chi connectivity index (χ2v) is 5.33. The highest BCUT2D eigenvalue weighted by molar-refractivity contribution is 5.98. The molecule has 20 heavy (non-hydrogen) atoms. The normalized spacial score (nSPS) is 16.2. The highest BCUT2D eigenvalue weighted by Gasteiger charge is 2.38. The molecule has 0 heterocycles. The maximum absolute atomic E-state index is 13.1. The minimum atomic E-state index is -0.833. The summed E-state index contributed by atoms with van der Waals surface area (Å²) in [4.78, 5) is 22.2. The number of carboxylic acid groups (broad SMARTS) is 1. The summed E-state index contributed by atoms with van der Waals surface area (Å²) in [5.41, 5.74) is 5.45. The molecule has 0 radical (unpaired) electrons. The van der Waals surface area contributed by atoms with Crippen LogP contribution in [0.15, 0.2) is 18.2 Å². The lowest BCUT2D eigenvalue weighted by Crippen LogP contribution is -2.38. The quantitative estimate of drug-likeness (QED) is 0.743. The maximum atomic E-state index is 13.1. The second-order valence-electron chi connectivity index (χ2n) is 5.33. The van der Waals surface area contributed by atoms with E-state index in [0.717, 1.165) is 25.3 Å². The predicted molar refractivity (Wildman–Crippen MR) is 71.9 cm³/mol. The van der Waals surface area contributed by atoms with Crippen LogP contribution in [0.2, 0.25) is 0 Å². The number of aliphatic carboxylic acids is 1. The number of carbonyl (C=O) groups excluding carboxylic acids is 1. The summed E-state index contributed by atoms with van der Waals surface area (Å²) < 4.78 is 13.1. The van der Waals surface area contributed by atoms with Crippen molar-refractivity contribution >= 4 is 17.6 Å². The molecule has 1 aromatic carbocycles. The molecule has 1 amide bonds. The molecule has 1 saturated carbocycles. The van der Waals surface area contributed by atoms with E-state index in [1.165, 1.54) is 12.1 Å². The van der Waals surface area contributed by atoms with Crippen molar-refractivity contribution in [2.75, 3.05) is 11.9 Å². The summed E-state index contributed by atoms with van der Waals surface area (Å²) in [7, 11) is 0. The molecule has 1 aliphatic carbocycles. The van der Waals surface area contributed by atoms with Crippen LogP contribution in [0.4, 0.5) is 10.1 Å². The molecule has 0 spiro atoms. The largest absolute Gasteiger partial charge is 0.481 e. The minimum absolute atomic E-state index is 0.0785. The number of amides is 1. The van der Waals surface area contributed by atoms with Crippen molar-refractivity contribution in [3.63, 3.8) is 0 Å². The molecule has 0 aromatic heterocycles. The monoisotopic (exact) mass is 280 g/mol. The van der Waals surface area contributed by atoms with Gasteiger partial charge in [0.2, 0.25) is 0 Å². The molecule has 0 bridgehead atoms. The van der Waals surface area contributed by atoms with Crippen molar-refractivity contribution in [2.45, 2.75) is 25.7 Å². The maximum Gasteiger partial charge on any atom is 0.303 e. The Bertz CT molecular complexity index is 541. The van der Waals surface area contributed by atoms with Gasteiger partial charge in [0.05, 0.1) is 12.0 Å². The van der Waals surface area contributed by atoms with Crippen LogP contribution in [-0.4, -0.2) is 23.5 Å². The first-order valence-corrected chi connectivity index (χ1v) is 6.47. The molecule has 0 unspecified atom stereocenters. The zero-order valence-corrected chi connectivity index (χ0v) is 11.0. The number of primary amides is 1. The summed E-state index contributed by atoms with van der Waals surface area (Å²) >= 11 is 0. The van der Waals surface area contributed by atoms with Gasteiger partial charge in [-0.3, -0.25) is 9.59 Å². The zero-order valence-electron chi connectivity index (χ0n) is 11.0. The Kier molecular flexibility index (Phi) is 3.92. The first-order valence-electron chi connectivity index (χ1n) is 6.47. The van der Waals surface area contributed by atoms with Crippen molar-refractivity contribution in [1.29, 1.82) is 0 Å². The van der Waals surface area contributed by atoms with E-state index in [4.69, 9.17) is 10.8 Å². The van der Waals surface area contributed by atoms with Crippen LogP contribution >= 0.6 is 0 Å². The van der Waals surface area contributed by atoms with Crippen molar-refractivity contribution in [3.8, 4) is 0 Å². The van der Waals surface area contributed by atoms with Gasteiger partial charge < -0.3 is 16.2 Å². The summed E-state index contributed by atoms with van der Waals surface area (Å²) in [6.07, 6.45) is 2.76. The molecule has 0 saturated heterocycles. The Balaban J connectivity index is 2.10. The van der Waals surface area contributed by atoms with Gasteiger partial charge in [-0.15, -0.1) is 0 Å². The van der Waals surface area contributed by atoms with Gasteiger partial charge in [-0.05, 0) is 36.5 Å². The molecule has 108 valence electrons. The van der Waals surface area contributed by atoms with Crippen LogP contribution < -0.4 is 11.1 Å². The Hall–Kier alpha value is -2.11. The zero-order chi connectivity index (χ0) is 14.8. The van der Waals surface area contributed by atoms with Crippen LogP contribution in [0.1, 0.15) is 36.0 Å². The molecular weight excluding hydrogens is 263 g/mol. The van der Waals surface area contributed by atoms with Gasteiger partial charge >= 0.3 is 5.97 Å². The molecule has 5 nitrogen and oxygen atoms in total. The number of carbonyl (C=O) groups is 2. The van der Waals surface area contributed by atoms with E-state index in [1.54, 1.807) is 0 Å². The molecule has 6 heteroatoms. The number of benzene rings is 1. The number of anilines is 1. The topological polar surface area (TPSA) is 92.4 Å². The molecule has 0 aliphatic heterocycles. The standard InChI is InChI=1S/C14H17FN2O3/c15-9-2-3-11(10(6-9)13(16)20)17-8-14(4-1-5-14)7-12(18)19/h2-3,6,17H,1,4-5,7-8H2,(H2,16,20)(H,18,19). The molecule has 2 rings (SSSR count). The van der Waals surface area contributed by atoms with E-state index in [0.29, 0.717) is 12.2 Å². The number of nitrogens with two attached hydrogens (primary N) is 1. The molecule has 1 fully saturated rings. The summed E-state index contributed by atoms with van der Waals surface area (Å²) in [5.74, 6) is -2.08. The van der Waals surface area contributed by atoms with E-state index in [-0.39, 0.29) is 17.4 Å². The number of hydrogen-bond acceptors (Lipinski definition) is 3. The van der Waals surface area contributed by atoms with Gasteiger partial charge in [0, 0.05) is 12.2 Å². The third kappa shape index (κ3) is 3.07. The third-order valence-corrected chi connectivity index (χ3v) is 3.84. The average molecular weight is 280 g/mol. The summed E-state index contributed by atoms with van der Waals surface area (Å²) in [6.45, 7) is 0.436.